The van der Waals surface area contributed by atoms with Gasteiger partial charge in [0.2, 0.25) is 0 Å². The molecule has 92 valence electrons. The van der Waals surface area contributed by atoms with Crippen molar-refractivity contribution in [3.8, 4) is 0 Å². The number of urea groups is 1. The highest BCUT2D eigenvalue weighted by Gasteiger charge is 2.13. The van der Waals surface area contributed by atoms with Crippen LogP contribution < -0.4 is 16.6 Å². The van der Waals surface area contributed by atoms with Gasteiger partial charge >= 0.3 is 6.03 Å². The highest BCUT2D eigenvalue weighted by Crippen LogP contribution is 2.23. The fourth-order valence-corrected chi connectivity index (χ4v) is 1.38. The van der Waals surface area contributed by atoms with Crippen molar-refractivity contribution in [2.45, 2.75) is 26.2 Å². The molecule has 1 aromatic carbocycles. The van der Waals surface area contributed by atoms with Crippen LogP contribution in [0.3, 0.4) is 0 Å². The largest absolute Gasteiger partial charge is 0.350 e. The van der Waals surface area contributed by atoms with Gasteiger partial charge in [0, 0.05) is 0 Å². The number of nitrogens with two attached hydrogens (primary N) is 1. The molecule has 17 heavy (non-hydrogen) atoms. The third-order valence-corrected chi connectivity index (χ3v) is 2.44. The highest BCUT2D eigenvalue weighted by atomic mass is 16.2. The fourth-order valence-electron chi connectivity index (χ4n) is 1.38. The van der Waals surface area contributed by atoms with Gasteiger partial charge in [-0.25, -0.2) is 4.79 Å². The Morgan fingerprint density at radius 3 is 2.12 bits per heavy atom. The third kappa shape index (κ3) is 3.83. The summed E-state index contributed by atoms with van der Waals surface area (Å²) in [4.78, 5) is 10.5. The Balaban J connectivity index is 2.74. The van der Waals surface area contributed by atoms with Gasteiger partial charge in [-0.15, -0.1) is 0 Å². The second-order valence-electron chi connectivity index (χ2n) is 4.92. The minimum Gasteiger partial charge on any atom is -0.350 e. The number of carbonyl (C=O) groups is 1. The first kappa shape index (κ1) is 13.1. The number of amides is 2. The quantitative estimate of drug-likeness (QED) is 0.700. The molecule has 0 spiro atoms. The van der Waals surface area contributed by atoms with Crippen molar-refractivity contribution in [2.24, 2.45) is 5.73 Å². The van der Waals surface area contributed by atoms with Gasteiger partial charge in [0.15, 0.2) is 0 Å². The Morgan fingerprint density at radius 1 is 1.18 bits per heavy atom. The molecule has 4 N–H and O–H groups in total. The van der Waals surface area contributed by atoms with Gasteiger partial charge in [-0.3, -0.25) is 10.9 Å². The molecular weight excluding hydrogens is 214 g/mol. The molecule has 0 heterocycles. The van der Waals surface area contributed by atoms with E-state index in [9.17, 15) is 4.79 Å². The first-order valence-electron chi connectivity index (χ1n) is 5.42. The molecule has 2 amide bonds. The van der Waals surface area contributed by atoms with Gasteiger partial charge in [-0.2, -0.15) is 0 Å². The third-order valence-electron chi connectivity index (χ3n) is 2.44. The summed E-state index contributed by atoms with van der Waals surface area (Å²) < 4.78 is 0. The SMILES string of the molecule is C=C(NNC(N)=O)c1ccc(C(C)(C)C)cc1. The summed E-state index contributed by atoms with van der Waals surface area (Å²) >= 11 is 0. The molecule has 0 saturated carbocycles. The predicted molar refractivity (Wildman–Crippen MR) is 70.0 cm³/mol. The van der Waals surface area contributed by atoms with Gasteiger partial charge in [-0.1, -0.05) is 51.6 Å². The van der Waals surface area contributed by atoms with Crippen LogP contribution in [0, 0.1) is 0 Å². The molecule has 0 unspecified atom stereocenters. The van der Waals surface area contributed by atoms with Crippen LogP contribution in [0.25, 0.3) is 5.70 Å². The molecule has 1 aromatic rings. The maximum absolute atomic E-state index is 10.5. The second-order valence-corrected chi connectivity index (χ2v) is 4.92. The summed E-state index contributed by atoms with van der Waals surface area (Å²) in [6, 6.07) is 7.37. The molecule has 0 saturated heterocycles. The molecule has 0 aliphatic rings. The van der Waals surface area contributed by atoms with Crippen LogP contribution >= 0.6 is 0 Å². The maximum atomic E-state index is 10.5. The molecular formula is C13H19N3O. The molecule has 0 atom stereocenters. The first-order chi connectivity index (χ1) is 7.80. The molecule has 0 fully saturated rings. The molecule has 0 aromatic heterocycles. The summed E-state index contributed by atoms with van der Waals surface area (Å²) in [5.41, 5.74) is 12.7. The number of hydrogen-bond donors (Lipinski definition) is 3. The molecule has 0 bridgehead atoms. The van der Waals surface area contributed by atoms with Crippen molar-refractivity contribution in [1.29, 1.82) is 0 Å². The summed E-state index contributed by atoms with van der Waals surface area (Å²) in [5.74, 6) is 0. The topological polar surface area (TPSA) is 67.2 Å². The molecule has 4 nitrogen and oxygen atoms in total. The maximum Gasteiger partial charge on any atom is 0.330 e. The van der Waals surface area contributed by atoms with Crippen LogP contribution in [0.15, 0.2) is 30.8 Å². The molecule has 4 heteroatoms. The van der Waals surface area contributed by atoms with E-state index in [0.717, 1.165) is 5.56 Å². The lowest BCUT2D eigenvalue weighted by molar-refractivity contribution is 0.247. The Hall–Kier alpha value is -1.97. The van der Waals surface area contributed by atoms with Crippen LogP contribution in [-0.2, 0) is 5.41 Å². The highest BCUT2D eigenvalue weighted by molar-refractivity contribution is 5.73. The predicted octanol–water partition coefficient (Wildman–Crippen LogP) is 2.13. The smallest absolute Gasteiger partial charge is 0.330 e. The van der Waals surface area contributed by atoms with E-state index < -0.39 is 6.03 Å². The first-order valence-corrected chi connectivity index (χ1v) is 5.42. The Morgan fingerprint density at radius 2 is 1.71 bits per heavy atom. The monoisotopic (exact) mass is 233 g/mol. The number of hydrazine groups is 1. The Labute approximate surface area is 102 Å². The van der Waals surface area contributed by atoms with E-state index in [1.54, 1.807) is 0 Å². The van der Waals surface area contributed by atoms with E-state index in [4.69, 9.17) is 5.73 Å². The number of carbonyl (C=O) groups excluding carboxylic acids is 1. The van der Waals surface area contributed by atoms with E-state index in [1.807, 2.05) is 24.3 Å². The van der Waals surface area contributed by atoms with Crippen molar-refractivity contribution in [1.82, 2.24) is 10.9 Å². The van der Waals surface area contributed by atoms with Crippen LogP contribution in [-0.4, -0.2) is 6.03 Å². The number of rotatable bonds is 3. The summed E-state index contributed by atoms with van der Waals surface area (Å²) in [6.45, 7) is 10.3. The van der Waals surface area contributed by atoms with Gasteiger partial charge in [0.25, 0.3) is 0 Å². The number of benzene rings is 1. The number of nitrogens with one attached hydrogen (secondary N) is 2. The van der Waals surface area contributed by atoms with Gasteiger partial charge in [0.1, 0.15) is 0 Å². The van der Waals surface area contributed by atoms with Crippen LogP contribution in [0.2, 0.25) is 0 Å². The number of hydrogen-bond acceptors (Lipinski definition) is 2. The lowest BCUT2D eigenvalue weighted by Crippen LogP contribution is -2.39. The normalized spacial score (nSPS) is 10.8. The zero-order chi connectivity index (χ0) is 13.1. The van der Waals surface area contributed by atoms with E-state index in [0.29, 0.717) is 5.70 Å². The Bertz CT molecular complexity index is 415. The van der Waals surface area contributed by atoms with Gasteiger partial charge < -0.3 is 5.73 Å². The van der Waals surface area contributed by atoms with Crippen molar-refractivity contribution in [3.63, 3.8) is 0 Å². The minimum atomic E-state index is -0.641. The van der Waals surface area contributed by atoms with Crippen molar-refractivity contribution >= 4 is 11.7 Å². The fraction of sp³-hybridized carbons (Fsp3) is 0.308. The van der Waals surface area contributed by atoms with Gasteiger partial charge in [-0.05, 0) is 16.5 Å². The van der Waals surface area contributed by atoms with E-state index in [-0.39, 0.29) is 5.41 Å². The summed E-state index contributed by atoms with van der Waals surface area (Å²) in [7, 11) is 0. The van der Waals surface area contributed by atoms with E-state index >= 15 is 0 Å². The molecule has 0 aliphatic heterocycles. The number of primary amides is 1. The summed E-state index contributed by atoms with van der Waals surface area (Å²) in [5, 5.41) is 0. The Kier molecular flexibility index (Phi) is 3.78. The van der Waals surface area contributed by atoms with Gasteiger partial charge in [0.05, 0.1) is 5.70 Å². The molecule has 0 aliphatic carbocycles. The van der Waals surface area contributed by atoms with Crippen molar-refractivity contribution < 1.29 is 4.79 Å². The average molecular weight is 233 g/mol. The molecule has 0 radical (unpaired) electrons. The lowest BCUT2D eigenvalue weighted by atomic mass is 9.86. The minimum absolute atomic E-state index is 0.124. The second kappa shape index (κ2) is 4.91. The molecule has 1 rings (SSSR count). The van der Waals surface area contributed by atoms with Crippen LogP contribution in [0.5, 0.6) is 0 Å². The zero-order valence-corrected chi connectivity index (χ0v) is 10.5. The van der Waals surface area contributed by atoms with E-state index in [2.05, 4.69) is 38.2 Å². The van der Waals surface area contributed by atoms with Crippen LogP contribution in [0.4, 0.5) is 4.79 Å². The van der Waals surface area contributed by atoms with Crippen molar-refractivity contribution in [2.75, 3.05) is 0 Å². The zero-order valence-electron chi connectivity index (χ0n) is 10.5. The van der Waals surface area contributed by atoms with Crippen molar-refractivity contribution in [3.05, 3.63) is 42.0 Å². The van der Waals surface area contributed by atoms with Crippen LogP contribution in [0.1, 0.15) is 31.9 Å². The lowest BCUT2D eigenvalue weighted by Gasteiger charge is -2.19. The standard InChI is InChI=1S/C13H19N3O/c1-9(15-16-12(14)17)10-5-7-11(8-6-10)13(2,3)4/h5-8,15H,1H2,2-4H3,(H3,14,16,17). The summed E-state index contributed by atoms with van der Waals surface area (Å²) in [6.07, 6.45) is 0. The van der Waals surface area contributed by atoms with E-state index in [1.165, 1.54) is 5.56 Å². The average Bonchev–Trinajstić information content (AvgIpc) is 2.25.